The van der Waals surface area contributed by atoms with Crippen molar-refractivity contribution < 1.29 is 14.3 Å². The van der Waals surface area contributed by atoms with Crippen molar-refractivity contribution in [1.29, 1.82) is 0 Å². The van der Waals surface area contributed by atoms with Crippen molar-refractivity contribution in [3.05, 3.63) is 69.1 Å². The second kappa shape index (κ2) is 7.87. The number of nitrogens with zero attached hydrogens (tertiary/aromatic N) is 2. The number of amides is 1. The van der Waals surface area contributed by atoms with E-state index in [1.165, 1.54) is 14.0 Å². The maximum absolute atomic E-state index is 12.7. The monoisotopic (exact) mass is 393 g/mol. The third-order valence-electron chi connectivity index (χ3n) is 4.73. The van der Waals surface area contributed by atoms with Crippen molar-refractivity contribution in [2.24, 2.45) is 7.05 Å². The number of fused-ring (bicyclic) bond motifs is 1. The predicted molar refractivity (Wildman–Crippen MR) is 111 cm³/mol. The first-order valence-corrected chi connectivity index (χ1v) is 9.24. The van der Waals surface area contributed by atoms with Gasteiger partial charge in [-0.25, -0.2) is 9.48 Å². The standard InChI is InChI=1S/C22H23N3O4/c1-12-10-13(2)18(14(3)11-12)23-20(26)15(4)29-22(28)19-16-8-6-7-9-17(16)21(27)25(5)24-19/h6-11,15H,1-5H3,(H,23,26)/t15-/m0/s1. The number of ether oxygens (including phenoxy) is 1. The molecule has 7 heteroatoms. The van der Waals surface area contributed by atoms with Gasteiger partial charge in [-0.2, -0.15) is 5.10 Å². The molecule has 0 radical (unpaired) electrons. The van der Waals surface area contributed by atoms with Gasteiger partial charge in [0.1, 0.15) is 0 Å². The number of anilines is 1. The molecular formula is C22H23N3O4. The number of aryl methyl sites for hydroxylation is 4. The second-order valence-electron chi connectivity index (χ2n) is 7.13. The van der Waals surface area contributed by atoms with Crippen LogP contribution in [0.1, 0.15) is 34.1 Å². The summed E-state index contributed by atoms with van der Waals surface area (Å²) in [5.41, 5.74) is 3.35. The normalized spacial score (nSPS) is 11.9. The summed E-state index contributed by atoms with van der Waals surface area (Å²) >= 11 is 0. The maximum atomic E-state index is 12.7. The Kier molecular flexibility index (Phi) is 5.50. The molecule has 0 saturated heterocycles. The summed E-state index contributed by atoms with van der Waals surface area (Å²) in [5.74, 6) is -1.21. The molecule has 0 spiro atoms. The van der Waals surface area contributed by atoms with Crippen LogP contribution in [0.3, 0.4) is 0 Å². The van der Waals surface area contributed by atoms with Crippen molar-refractivity contribution in [3.8, 4) is 0 Å². The number of hydrogen-bond donors (Lipinski definition) is 1. The van der Waals surface area contributed by atoms with Crippen LogP contribution in [0.25, 0.3) is 10.8 Å². The molecule has 150 valence electrons. The number of benzene rings is 2. The number of carbonyl (C=O) groups is 2. The van der Waals surface area contributed by atoms with Crippen molar-refractivity contribution in [2.75, 3.05) is 5.32 Å². The molecular weight excluding hydrogens is 370 g/mol. The van der Waals surface area contributed by atoms with Gasteiger partial charge in [-0.15, -0.1) is 0 Å². The summed E-state index contributed by atoms with van der Waals surface area (Å²) in [7, 11) is 1.46. The summed E-state index contributed by atoms with van der Waals surface area (Å²) in [6, 6.07) is 10.6. The molecule has 0 fully saturated rings. The van der Waals surface area contributed by atoms with Crippen LogP contribution in [0.4, 0.5) is 5.69 Å². The van der Waals surface area contributed by atoms with Gasteiger partial charge in [-0.3, -0.25) is 9.59 Å². The zero-order valence-corrected chi connectivity index (χ0v) is 17.1. The van der Waals surface area contributed by atoms with Gasteiger partial charge in [-0.1, -0.05) is 35.9 Å². The smallest absolute Gasteiger partial charge is 0.360 e. The van der Waals surface area contributed by atoms with Crippen LogP contribution in [0.5, 0.6) is 0 Å². The molecule has 3 rings (SSSR count). The number of carbonyl (C=O) groups excluding carboxylic acids is 2. The van der Waals surface area contributed by atoms with Crippen LogP contribution in [0, 0.1) is 20.8 Å². The average Bonchev–Trinajstić information content (AvgIpc) is 2.67. The molecule has 7 nitrogen and oxygen atoms in total. The fourth-order valence-electron chi connectivity index (χ4n) is 3.32. The first kappa shape index (κ1) is 20.3. The Bertz CT molecular complexity index is 1160. The SMILES string of the molecule is Cc1cc(C)c(NC(=O)[C@H](C)OC(=O)c2nn(C)c(=O)c3ccccc23)c(C)c1. The lowest BCUT2D eigenvalue weighted by Crippen LogP contribution is -2.32. The molecule has 0 aliphatic rings. The molecule has 0 aliphatic heterocycles. The summed E-state index contributed by atoms with van der Waals surface area (Å²) < 4.78 is 6.43. The van der Waals surface area contributed by atoms with Crippen molar-refractivity contribution in [1.82, 2.24) is 9.78 Å². The molecule has 3 aromatic rings. The summed E-state index contributed by atoms with van der Waals surface area (Å²) in [5, 5.41) is 7.61. The number of esters is 1. The Morgan fingerprint density at radius 1 is 1.07 bits per heavy atom. The fraction of sp³-hybridized carbons (Fsp3) is 0.273. The molecule has 29 heavy (non-hydrogen) atoms. The van der Waals surface area contributed by atoms with Gasteiger partial charge >= 0.3 is 5.97 Å². The van der Waals surface area contributed by atoms with Crippen molar-refractivity contribution in [2.45, 2.75) is 33.8 Å². The van der Waals surface area contributed by atoms with Crippen LogP contribution in [-0.2, 0) is 16.6 Å². The van der Waals surface area contributed by atoms with Gasteiger partial charge in [0.05, 0.1) is 5.39 Å². The largest absolute Gasteiger partial charge is 0.448 e. The van der Waals surface area contributed by atoms with E-state index in [0.29, 0.717) is 16.5 Å². The number of rotatable bonds is 4. The van der Waals surface area contributed by atoms with E-state index in [-0.39, 0.29) is 11.3 Å². The van der Waals surface area contributed by atoms with E-state index >= 15 is 0 Å². The third-order valence-corrected chi connectivity index (χ3v) is 4.73. The van der Waals surface area contributed by atoms with Crippen LogP contribution in [0.15, 0.2) is 41.2 Å². The highest BCUT2D eigenvalue weighted by molar-refractivity contribution is 6.04. The Hall–Kier alpha value is -3.48. The average molecular weight is 393 g/mol. The number of hydrogen-bond acceptors (Lipinski definition) is 5. The van der Waals surface area contributed by atoms with E-state index in [9.17, 15) is 14.4 Å². The highest BCUT2D eigenvalue weighted by Gasteiger charge is 2.23. The Morgan fingerprint density at radius 3 is 2.28 bits per heavy atom. The van der Waals surface area contributed by atoms with Gasteiger partial charge in [-0.05, 0) is 44.9 Å². The molecule has 1 heterocycles. The molecule has 0 aliphatic carbocycles. The first-order valence-electron chi connectivity index (χ1n) is 9.24. The van der Waals surface area contributed by atoms with Gasteiger partial charge in [0, 0.05) is 18.1 Å². The van der Waals surface area contributed by atoms with E-state index in [4.69, 9.17) is 4.74 Å². The molecule has 1 atom stereocenters. The summed E-state index contributed by atoms with van der Waals surface area (Å²) in [4.78, 5) is 37.5. The number of aromatic nitrogens is 2. The lowest BCUT2D eigenvalue weighted by molar-refractivity contribution is -0.123. The van der Waals surface area contributed by atoms with E-state index in [2.05, 4.69) is 10.4 Å². The van der Waals surface area contributed by atoms with Crippen LogP contribution < -0.4 is 10.9 Å². The quantitative estimate of drug-likeness (QED) is 0.688. The van der Waals surface area contributed by atoms with Gasteiger partial charge in [0.25, 0.3) is 11.5 Å². The first-order chi connectivity index (χ1) is 13.7. The van der Waals surface area contributed by atoms with Crippen LogP contribution in [-0.4, -0.2) is 27.8 Å². The topological polar surface area (TPSA) is 90.3 Å². The zero-order chi connectivity index (χ0) is 21.3. The van der Waals surface area contributed by atoms with E-state index in [0.717, 1.165) is 21.4 Å². The number of nitrogens with one attached hydrogen (secondary N) is 1. The summed E-state index contributed by atoms with van der Waals surface area (Å²) in [6.07, 6.45) is -1.04. The molecule has 0 bridgehead atoms. The van der Waals surface area contributed by atoms with Crippen molar-refractivity contribution >= 4 is 28.3 Å². The van der Waals surface area contributed by atoms with E-state index in [1.807, 2.05) is 32.9 Å². The summed E-state index contributed by atoms with van der Waals surface area (Å²) in [6.45, 7) is 7.30. The molecule has 0 unspecified atom stereocenters. The molecule has 1 amide bonds. The minimum absolute atomic E-state index is 0.00922. The Morgan fingerprint density at radius 2 is 1.66 bits per heavy atom. The van der Waals surface area contributed by atoms with Gasteiger partial charge in [0.15, 0.2) is 11.8 Å². The molecule has 1 N–H and O–H groups in total. The molecule has 1 aromatic heterocycles. The molecule has 0 saturated carbocycles. The van der Waals surface area contributed by atoms with E-state index in [1.54, 1.807) is 24.3 Å². The maximum Gasteiger partial charge on any atom is 0.360 e. The third kappa shape index (κ3) is 4.03. The highest BCUT2D eigenvalue weighted by Crippen LogP contribution is 2.22. The highest BCUT2D eigenvalue weighted by atomic mass is 16.5. The Balaban J connectivity index is 1.83. The lowest BCUT2D eigenvalue weighted by Gasteiger charge is -2.17. The molecule has 2 aromatic carbocycles. The lowest BCUT2D eigenvalue weighted by atomic mass is 10.0. The van der Waals surface area contributed by atoms with Gasteiger partial charge < -0.3 is 10.1 Å². The minimum Gasteiger partial charge on any atom is -0.448 e. The van der Waals surface area contributed by atoms with Crippen LogP contribution >= 0.6 is 0 Å². The van der Waals surface area contributed by atoms with Crippen molar-refractivity contribution in [3.63, 3.8) is 0 Å². The zero-order valence-electron chi connectivity index (χ0n) is 17.1. The van der Waals surface area contributed by atoms with Gasteiger partial charge in [0.2, 0.25) is 0 Å². The fourth-order valence-corrected chi connectivity index (χ4v) is 3.32. The van der Waals surface area contributed by atoms with Crippen LogP contribution in [0.2, 0.25) is 0 Å². The Labute approximate surface area is 168 Å². The van der Waals surface area contributed by atoms with E-state index < -0.39 is 18.0 Å². The minimum atomic E-state index is -1.04. The second-order valence-corrected chi connectivity index (χ2v) is 7.13. The predicted octanol–water partition coefficient (Wildman–Crippen LogP) is 3.04.